The molecular formula is C20H34O3. The van der Waals surface area contributed by atoms with Gasteiger partial charge in [-0.05, 0) is 65.7 Å². The van der Waals surface area contributed by atoms with E-state index < -0.39 is 17.5 Å². The van der Waals surface area contributed by atoms with Crippen LogP contribution in [0.1, 0.15) is 66.7 Å². The molecule has 0 fully saturated rings. The predicted octanol–water partition coefficient (Wildman–Crippen LogP) is 5.12. The van der Waals surface area contributed by atoms with Crippen molar-refractivity contribution in [2.24, 2.45) is 11.3 Å². The normalized spacial score (nSPS) is 15.7. The molecule has 0 saturated carbocycles. The van der Waals surface area contributed by atoms with Gasteiger partial charge in [-0.25, -0.2) is 0 Å². The summed E-state index contributed by atoms with van der Waals surface area (Å²) in [5.74, 6) is -0.633. The lowest BCUT2D eigenvalue weighted by molar-refractivity contribution is -0.149. The third kappa shape index (κ3) is 8.75. The average molecular weight is 322 g/mol. The molecule has 0 aliphatic rings. The second kappa shape index (κ2) is 10.4. The number of unbranched alkanes of at least 4 members (excludes halogenated alkanes) is 1. The van der Waals surface area contributed by atoms with Gasteiger partial charge in [-0.1, -0.05) is 42.9 Å². The summed E-state index contributed by atoms with van der Waals surface area (Å²) in [6, 6.07) is 0. The van der Waals surface area contributed by atoms with Crippen LogP contribution >= 0.6 is 0 Å². The maximum Gasteiger partial charge on any atom is 0.309 e. The van der Waals surface area contributed by atoms with Crippen LogP contribution in [0.15, 0.2) is 36.0 Å². The Labute approximate surface area is 141 Å². The van der Waals surface area contributed by atoms with Gasteiger partial charge in [0.15, 0.2) is 0 Å². The van der Waals surface area contributed by atoms with Gasteiger partial charge in [-0.15, -0.1) is 0 Å². The maximum atomic E-state index is 11.2. The highest BCUT2D eigenvalue weighted by Crippen LogP contribution is 2.29. The summed E-state index contributed by atoms with van der Waals surface area (Å²) >= 11 is 0. The third-order valence-corrected chi connectivity index (χ3v) is 4.65. The van der Waals surface area contributed by atoms with Gasteiger partial charge in [0, 0.05) is 0 Å². The maximum absolute atomic E-state index is 11.2. The van der Waals surface area contributed by atoms with E-state index in [1.807, 2.05) is 13.8 Å². The summed E-state index contributed by atoms with van der Waals surface area (Å²) in [4.78, 5) is 11.2. The van der Waals surface area contributed by atoms with E-state index in [1.165, 1.54) is 5.57 Å². The lowest BCUT2D eigenvalue weighted by Gasteiger charge is -2.26. The van der Waals surface area contributed by atoms with Gasteiger partial charge in [-0.2, -0.15) is 0 Å². The summed E-state index contributed by atoms with van der Waals surface area (Å²) < 4.78 is 0. The van der Waals surface area contributed by atoms with E-state index in [2.05, 4.69) is 31.7 Å². The fourth-order valence-corrected chi connectivity index (χ4v) is 2.06. The predicted molar refractivity (Wildman–Crippen MR) is 97.4 cm³/mol. The van der Waals surface area contributed by atoms with Gasteiger partial charge < -0.3 is 10.2 Å². The van der Waals surface area contributed by atoms with Gasteiger partial charge in [0.1, 0.15) is 0 Å². The van der Waals surface area contributed by atoms with Gasteiger partial charge >= 0.3 is 5.97 Å². The van der Waals surface area contributed by atoms with E-state index in [9.17, 15) is 15.0 Å². The van der Waals surface area contributed by atoms with Gasteiger partial charge in [0.2, 0.25) is 0 Å². The van der Waals surface area contributed by atoms with Crippen molar-refractivity contribution in [2.75, 3.05) is 0 Å². The van der Waals surface area contributed by atoms with Crippen LogP contribution in [0.25, 0.3) is 0 Å². The number of hydrogen-bond acceptors (Lipinski definition) is 2. The second-order valence-electron chi connectivity index (χ2n) is 7.16. The molecule has 0 heterocycles. The average Bonchev–Trinajstić information content (AvgIpc) is 2.47. The molecule has 0 aliphatic carbocycles. The molecule has 0 saturated heterocycles. The Hall–Kier alpha value is -1.35. The highest BCUT2D eigenvalue weighted by atomic mass is 16.4. The minimum Gasteiger partial charge on any atom is -0.481 e. The molecule has 132 valence electrons. The Morgan fingerprint density at radius 3 is 2.35 bits per heavy atom. The van der Waals surface area contributed by atoms with Crippen molar-refractivity contribution in [3.05, 3.63) is 36.0 Å². The van der Waals surface area contributed by atoms with Crippen molar-refractivity contribution in [2.45, 2.75) is 72.8 Å². The molecule has 0 spiro atoms. The number of aliphatic hydroxyl groups is 1. The first kappa shape index (κ1) is 21.6. The topological polar surface area (TPSA) is 57.5 Å². The summed E-state index contributed by atoms with van der Waals surface area (Å²) in [7, 11) is 0. The lowest BCUT2D eigenvalue weighted by Crippen LogP contribution is -2.30. The molecule has 0 aromatic heterocycles. The number of carboxylic acid groups (broad SMARTS) is 1. The van der Waals surface area contributed by atoms with Gasteiger partial charge in [0.05, 0.1) is 11.5 Å². The van der Waals surface area contributed by atoms with E-state index in [1.54, 1.807) is 13.8 Å². The minimum atomic E-state index is -0.742. The molecular weight excluding hydrogens is 288 g/mol. The fraction of sp³-hybridized carbons (Fsp3) is 0.650. The van der Waals surface area contributed by atoms with Crippen LogP contribution in [0.3, 0.4) is 0 Å². The lowest BCUT2D eigenvalue weighted by atomic mass is 9.78. The highest BCUT2D eigenvalue weighted by Gasteiger charge is 2.32. The number of hydrogen-bond donors (Lipinski definition) is 2. The second-order valence-corrected chi connectivity index (χ2v) is 7.16. The molecule has 0 amide bonds. The molecule has 23 heavy (non-hydrogen) atoms. The molecule has 2 unspecified atom stereocenters. The number of rotatable bonds is 11. The van der Waals surface area contributed by atoms with Crippen LogP contribution in [0.4, 0.5) is 0 Å². The smallest absolute Gasteiger partial charge is 0.309 e. The monoisotopic (exact) mass is 322 g/mol. The SMILES string of the molecule is C=C(C)C(O)CC/C(C)=C/CC/C=C/CC(C)C(C)(C)C(=O)O. The Morgan fingerprint density at radius 1 is 1.22 bits per heavy atom. The van der Waals surface area contributed by atoms with E-state index >= 15 is 0 Å². The van der Waals surface area contributed by atoms with Gasteiger partial charge in [-0.3, -0.25) is 4.79 Å². The van der Waals surface area contributed by atoms with Crippen molar-refractivity contribution >= 4 is 5.97 Å². The Morgan fingerprint density at radius 2 is 1.83 bits per heavy atom. The molecule has 2 N–H and O–H groups in total. The molecule has 3 heteroatoms. The van der Waals surface area contributed by atoms with E-state index in [-0.39, 0.29) is 5.92 Å². The molecule has 0 bridgehead atoms. The molecule has 2 atom stereocenters. The zero-order valence-electron chi connectivity index (χ0n) is 15.4. The van der Waals surface area contributed by atoms with E-state index in [0.717, 1.165) is 37.7 Å². The number of carbonyl (C=O) groups is 1. The Balaban J connectivity index is 4.04. The molecule has 0 aromatic carbocycles. The Kier molecular flexibility index (Phi) is 9.82. The number of carboxylic acids is 1. The van der Waals surface area contributed by atoms with Crippen LogP contribution < -0.4 is 0 Å². The van der Waals surface area contributed by atoms with E-state index in [4.69, 9.17) is 0 Å². The number of aliphatic hydroxyl groups excluding tert-OH is 1. The quantitative estimate of drug-likeness (QED) is 0.410. The van der Waals surface area contributed by atoms with Crippen molar-refractivity contribution in [1.82, 2.24) is 0 Å². The highest BCUT2D eigenvalue weighted by molar-refractivity contribution is 5.73. The summed E-state index contributed by atoms with van der Waals surface area (Å²) in [6.45, 7) is 13.2. The minimum absolute atomic E-state index is 0.108. The zero-order valence-corrected chi connectivity index (χ0v) is 15.4. The first-order valence-electron chi connectivity index (χ1n) is 8.46. The van der Waals surface area contributed by atoms with Gasteiger partial charge in [0.25, 0.3) is 0 Å². The van der Waals surface area contributed by atoms with E-state index in [0.29, 0.717) is 0 Å². The number of aliphatic carboxylic acids is 1. The molecule has 0 rings (SSSR count). The first-order valence-corrected chi connectivity index (χ1v) is 8.46. The summed E-state index contributed by atoms with van der Waals surface area (Å²) in [5, 5.41) is 18.9. The van der Waals surface area contributed by atoms with Crippen LogP contribution in [0.5, 0.6) is 0 Å². The fourth-order valence-electron chi connectivity index (χ4n) is 2.06. The Bertz CT molecular complexity index is 444. The van der Waals surface area contributed by atoms with Crippen LogP contribution in [0, 0.1) is 11.3 Å². The molecule has 0 aromatic rings. The van der Waals surface area contributed by atoms with Crippen LogP contribution in [0.2, 0.25) is 0 Å². The first-order chi connectivity index (χ1) is 10.6. The summed E-state index contributed by atoms with van der Waals surface area (Å²) in [5.41, 5.74) is 1.42. The molecule has 3 nitrogen and oxygen atoms in total. The van der Waals surface area contributed by atoms with Crippen molar-refractivity contribution in [3.63, 3.8) is 0 Å². The third-order valence-electron chi connectivity index (χ3n) is 4.65. The standard InChI is InChI=1S/C20H34O3/c1-15(2)18(21)14-13-16(3)11-9-7-8-10-12-17(4)20(5,6)19(22)23/h8,10-11,17-18,21H,1,7,9,12-14H2,2-6H3,(H,22,23)/b10-8+,16-11+. The largest absolute Gasteiger partial charge is 0.481 e. The van der Waals surface area contributed by atoms with Crippen LogP contribution in [-0.4, -0.2) is 22.3 Å². The molecule has 0 radical (unpaired) electrons. The van der Waals surface area contributed by atoms with Crippen LogP contribution in [-0.2, 0) is 4.79 Å². The number of allylic oxidation sites excluding steroid dienone is 4. The van der Waals surface area contributed by atoms with Crippen molar-refractivity contribution < 1.29 is 15.0 Å². The summed E-state index contributed by atoms with van der Waals surface area (Å²) in [6.07, 6.45) is 10.4. The van der Waals surface area contributed by atoms with Crippen molar-refractivity contribution in [1.29, 1.82) is 0 Å². The zero-order chi connectivity index (χ0) is 18.0. The van der Waals surface area contributed by atoms with Crippen molar-refractivity contribution in [3.8, 4) is 0 Å². The molecule has 0 aliphatic heterocycles.